The van der Waals surface area contributed by atoms with E-state index in [4.69, 9.17) is 4.74 Å². The van der Waals surface area contributed by atoms with Gasteiger partial charge in [0, 0.05) is 5.75 Å². The summed E-state index contributed by atoms with van der Waals surface area (Å²) in [6.07, 6.45) is 4.21. The highest BCUT2D eigenvalue weighted by molar-refractivity contribution is 8.03. The zero-order valence-corrected chi connectivity index (χ0v) is 16.2. The van der Waals surface area contributed by atoms with Crippen LogP contribution >= 0.6 is 11.8 Å². The maximum atomic E-state index is 10.2. The van der Waals surface area contributed by atoms with E-state index in [9.17, 15) is 4.79 Å². The van der Waals surface area contributed by atoms with Gasteiger partial charge < -0.3 is 10.1 Å². The van der Waals surface area contributed by atoms with E-state index in [1.165, 1.54) is 11.9 Å². The Bertz CT molecular complexity index is 576. The van der Waals surface area contributed by atoms with Gasteiger partial charge in [0.15, 0.2) is 0 Å². The molecule has 1 heterocycles. The van der Waals surface area contributed by atoms with Crippen LogP contribution in [0.25, 0.3) is 5.57 Å². The molecule has 1 amide bonds. The number of hydrogen-bond donors (Lipinski definition) is 1. The van der Waals surface area contributed by atoms with Crippen LogP contribution in [0.5, 0.6) is 5.75 Å². The second kappa shape index (κ2) is 13.4. The van der Waals surface area contributed by atoms with E-state index in [-0.39, 0.29) is 0 Å². The summed E-state index contributed by atoms with van der Waals surface area (Å²) in [5, 5.41) is 3.35. The van der Waals surface area contributed by atoms with Crippen LogP contribution in [0.3, 0.4) is 0 Å². The van der Waals surface area contributed by atoms with E-state index < -0.39 is 0 Å². The van der Waals surface area contributed by atoms with Crippen molar-refractivity contribution < 1.29 is 9.53 Å². The zero-order valence-electron chi connectivity index (χ0n) is 15.4. The van der Waals surface area contributed by atoms with Gasteiger partial charge in [0.05, 0.1) is 13.4 Å². The molecule has 0 radical (unpaired) electrons. The summed E-state index contributed by atoms with van der Waals surface area (Å²) in [7, 11) is 1.66. The minimum atomic E-state index is 0.604. The van der Waals surface area contributed by atoms with Crippen molar-refractivity contribution in [3.8, 4) is 5.75 Å². The molecule has 0 bridgehead atoms. The molecule has 1 aliphatic heterocycles. The average Bonchev–Trinajstić information content (AvgIpc) is 2.67. The van der Waals surface area contributed by atoms with Gasteiger partial charge in [0.2, 0.25) is 6.41 Å². The maximum Gasteiger partial charge on any atom is 0.212 e. The molecule has 1 aromatic carbocycles. The molecule has 1 N–H and O–H groups in total. The Labute approximate surface area is 150 Å². The SMILES string of the molecule is CC.CC.COc1ccc(C2=CCSC(/N=C\NC=O)=C2C)cc1. The maximum absolute atomic E-state index is 10.2. The van der Waals surface area contributed by atoms with Crippen molar-refractivity contribution >= 4 is 30.1 Å². The predicted molar refractivity (Wildman–Crippen MR) is 107 cm³/mol. The molecule has 1 aromatic rings. The summed E-state index contributed by atoms with van der Waals surface area (Å²) >= 11 is 1.65. The molecule has 2 rings (SSSR count). The molecule has 0 aromatic heterocycles. The highest BCUT2D eigenvalue weighted by Crippen LogP contribution is 2.36. The Morgan fingerprint density at radius 1 is 1.17 bits per heavy atom. The van der Waals surface area contributed by atoms with Crippen LogP contribution in [-0.2, 0) is 4.79 Å². The molecule has 24 heavy (non-hydrogen) atoms. The second-order valence-electron chi connectivity index (χ2n) is 4.13. The lowest BCUT2D eigenvalue weighted by Gasteiger charge is -2.16. The van der Waals surface area contributed by atoms with Gasteiger partial charge in [-0.1, -0.05) is 45.9 Å². The lowest BCUT2D eigenvalue weighted by atomic mass is 9.99. The Morgan fingerprint density at radius 2 is 1.79 bits per heavy atom. The van der Waals surface area contributed by atoms with Crippen LogP contribution in [0.2, 0.25) is 0 Å². The molecule has 0 aliphatic carbocycles. The average molecular weight is 349 g/mol. The molecule has 5 heteroatoms. The van der Waals surface area contributed by atoms with Gasteiger partial charge >= 0.3 is 0 Å². The molecule has 0 spiro atoms. The fraction of sp³-hybridized carbons (Fsp3) is 0.368. The topological polar surface area (TPSA) is 50.7 Å². The third-order valence-corrected chi connectivity index (χ3v) is 3.98. The summed E-state index contributed by atoms with van der Waals surface area (Å²) < 4.78 is 5.17. The van der Waals surface area contributed by atoms with Crippen molar-refractivity contribution in [1.82, 2.24) is 5.32 Å². The fourth-order valence-corrected chi connectivity index (χ4v) is 2.81. The van der Waals surface area contributed by atoms with Crippen LogP contribution in [-0.4, -0.2) is 25.6 Å². The molecule has 0 fully saturated rings. The highest BCUT2D eigenvalue weighted by atomic mass is 32.2. The summed E-state index contributed by atoms with van der Waals surface area (Å²) in [5.41, 5.74) is 3.42. The number of thioether (sulfide) groups is 1. The van der Waals surface area contributed by atoms with Gasteiger partial charge in [-0.3, -0.25) is 4.79 Å². The van der Waals surface area contributed by atoms with Crippen molar-refractivity contribution in [2.45, 2.75) is 34.6 Å². The van der Waals surface area contributed by atoms with Crippen molar-refractivity contribution in [3.63, 3.8) is 0 Å². The quantitative estimate of drug-likeness (QED) is 0.468. The minimum Gasteiger partial charge on any atom is -0.497 e. The first kappa shape index (κ1) is 22.0. The number of nitrogens with zero attached hydrogens (tertiary/aromatic N) is 1. The van der Waals surface area contributed by atoms with Gasteiger partial charge in [-0.15, -0.1) is 11.8 Å². The first-order chi connectivity index (χ1) is 11.8. The van der Waals surface area contributed by atoms with Crippen LogP contribution in [0.1, 0.15) is 40.2 Å². The number of nitrogens with one attached hydrogen (secondary N) is 1. The van der Waals surface area contributed by atoms with E-state index >= 15 is 0 Å². The Kier molecular flexibility index (Phi) is 12.3. The second-order valence-corrected chi connectivity index (χ2v) is 5.14. The standard InChI is InChI=1S/C15H16N2O2S.2C2H6/c1-11-14(12-3-5-13(19-2)6-4-12)7-8-20-15(11)17-9-16-10-18;2*1-2/h3-7,9-10H,8H2,1-2H3,(H,16,17,18);2*1-2H3. The number of allylic oxidation sites excluding steroid dienone is 2. The van der Waals surface area contributed by atoms with Crippen LogP contribution in [0, 0.1) is 0 Å². The summed E-state index contributed by atoms with van der Waals surface area (Å²) in [6.45, 7) is 10.0. The van der Waals surface area contributed by atoms with Crippen molar-refractivity contribution in [1.29, 1.82) is 0 Å². The largest absolute Gasteiger partial charge is 0.497 e. The van der Waals surface area contributed by atoms with Crippen molar-refractivity contribution in [2.24, 2.45) is 4.99 Å². The monoisotopic (exact) mass is 348 g/mol. The number of methoxy groups -OCH3 is 1. The fourth-order valence-electron chi connectivity index (χ4n) is 1.95. The summed E-state index contributed by atoms with van der Waals surface area (Å²) in [6, 6.07) is 7.97. The van der Waals surface area contributed by atoms with E-state index in [2.05, 4.69) is 16.4 Å². The van der Waals surface area contributed by atoms with E-state index in [0.29, 0.717) is 6.41 Å². The Hall–Kier alpha value is -2.01. The number of ether oxygens (including phenoxy) is 1. The van der Waals surface area contributed by atoms with Gasteiger partial charge in [0.1, 0.15) is 10.8 Å². The summed E-state index contributed by atoms with van der Waals surface area (Å²) in [5.74, 6) is 1.71. The number of rotatable bonds is 5. The third kappa shape index (κ3) is 6.62. The zero-order chi connectivity index (χ0) is 18.4. The van der Waals surface area contributed by atoms with Crippen LogP contribution in [0.15, 0.2) is 45.9 Å². The molecule has 0 saturated carbocycles. The molecule has 1 aliphatic rings. The molecule has 132 valence electrons. The first-order valence-electron chi connectivity index (χ1n) is 8.17. The predicted octanol–water partition coefficient (Wildman–Crippen LogP) is 4.88. The molecule has 4 nitrogen and oxygen atoms in total. The molecular formula is C19H28N2O2S. The van der Waals surface area contributed by atoms with Crippen molar-refractivity contribution in [2.75, 3.05) is 12.9 Å². The van der Waals surface area contributed by atoms with Crippen molar-refractivity contribution in [3.05, 3.63) is 46.5 Å². The Balaban J connectivity index is 0.00000123. The number of carbonyl (C=O) groups is 1. The number of amides is 1. The number of benzene rings is 1. The normalized spacial score (nSPS) is 13.2. The third-order valence-electron chi connectivity index (χ3n) is 2.96. The van der Waals surface area contributed by atoms with Crippen LogP contribution < -0.4 is 10.1 Å². The minimum absolute atomic E-state index is 0.604. The van der Waals surface area contributed by atoms with Gasteiger partial charge in [-0.05, 0) is 35.8 Å². The van der Waals surface area contributed by atoms with Gasteiger partial charge in [0.25, 0.3) is 0 Å². The van der Waals surface area contributed by atoms with Crippen LogP contribution in [0.4, 0.5) is 0 Å². The lowest BCUT2D eigenvalue weighted by molar-refractivity contribution is -0.108. The number of aliphatic imine (C=N–C) groups is 1. The van der Waals surface area contributed by atoms with E-state index in [0.717, 1.165) is 27.7 Å². The Morgan fingerprint density at radius 3 is 2.33 bits per heavy atom. The highest BCUT2D eigenvalue weighted by Gasteiger charge is 2.14. The van der Waals surface area contributed by atoms with Gasteiger partial charge in [-0.2, -0.15) is 0 Å². The molecule has 0 atom stereocenters. The number of hydrogen-bond acceptors (Lipinski definition) is 4. The number of carbonyl (C=O) groups excluding carboxylic acids is 1. The first-order valence-corrected chi connectivity index (χ1v) is 9.15. The lowest BCUT2D eigenvalue weighted by Crippen LogP contribution is -2.07. The molecular weight excluding hydrogens is 320 g/mol. The van der Waals surface area contributed by atoms with E-state index in [1.807, 2.05) is 58.9 Å². The smallest absolute Gasteiger partial charge is 0.212 e. The van der Waals surface area contributed by atoms with E-state index in [1.54, 1.807) is 18.9 Å². The van der Waals surface area contributed by atoms with Gasteiger partial charge in [-0.25, -0.2) is 4.99 Å². The summed E-state index contributed by atoms with van der Waals surface area (Å²) in [4.78, 5) is 14.5. The molecule has 0 saturated heterocycles. The molecule has 0 unspecified atom stereocenters.